The fourth-order valence-corrected chi connectivity index (χ4v) is 2.68. The lowest BCUT2D eigenvalue weighted by Gasteiger charge is -1.89. The van der Waals surface area contributed by atoms with Crippen molar-refractivity contribution in [1.82, 2.24) is 4.98 Å². The molecular formula is C12H9BrN2OS. The Morgan fingerprint density at radius 1 is 1.35 bits per heavy atom. The molecule has 1 N–H and O–H groups in total. The van der Waals surface area contributed by atoms with Gasteiger partial charge < -0.3 is 9.73 Å². The fraction of sp³-hybridized carbons (Fsp3) is 0.0833. The molecule has 0 unspecified atom stereocenters. The predicted molar refractivity (Wildman–Crippen MR) is 74.6 cm³/mol. The summed E-state index contributed by atoms with van der Waals surface area (Å²) in [6, 6.07) is 7.96. The summed E-state index contributed by atoms with van der Waals surface area (Å²) in [6.45, 7) is 0. The third kappa shape index (κ3) is 1.96. The smallest absolute Gasteiger partial charge is 0.183 e. The molecule has 0 aliphatic rings. The van der Waals surface area contributed by atoms with Crippen molar-refractivity contribution in [2.75, 3.05) is 12.4 Å². The number of benzene rings is 1. The molecule has 17 heavy (non-hydrogen) atoms. The number of furan rings is 1. The van der Waals surface area contributed by atoms with Gasteiger partial charge in [0.2, 0.25) is 0 Å². The maximum atomic E-state index is 5.76. The second-order valence-electron chi connectivity index (χ2n) is 3.58. The molecule has 3 aromatic rings. The molecule has 86 valence electrons. The lowest BCUT2D eigenvalue weighted by Crippen LogP contribution is -1.85. The lowest BCUT2D eigenvalue weighted by atomic mass is 10.2. The third-order valence-corrected chi connectivity index (χ3v) is 3.80. The molecule has 3 nitrogen and oxygen atoms in total. The zero-order chi connectivity index (χ0) is 11.8. The highest BCUT2D eigenvalue weighted by Gasteiger charge is 2.09. The summed E-state index contributed by atoms with van der Waals surface area (Å²) in [6.07, 6.45) is 0. The molecule has 0 amide bonds. The molecule has 0 spiro atoms. The SMILES string of the molecule is CNc1nc(-c2cc3cc(Br)ccc3o2)cs1. The van der Waals surface area contributed by atoms with E-state index in [9.17, 15) is 0 Å². The van der Waals surface area contributed by atoms with Gasteiger partial charge in [0, 0.05) is 22.3 Å². The molecule has 3 rings (SSSR count). The van der Waals surface area contributed by atoms with Gasteiger partial charge in [-0.15, -0.1) is 11.3 Å². The molecule has 5 heteroatoms. The van der Waals surface area contributed by atoms with E-state index in [-0.39, 0.29) is 0 Å². The number of rotatable bonds is 2. The summed E-state index contributed by atoms with van der Waals surface area (Å²) in [5.74, 6) is 0.802. The van der Waals surface area contributed by atoms with Crippen LogP contribution in [-0.2, 0) is 0 Å². The topological polar surface area (TPSA) is 38.1 Å². The molecule has 2 aromatic heterocycles. The van der Waals surface area contributed by atoms with E-state index >= 15 is 0 Å². The molecule has 0 radical (unpaired) electrons. The van der Waals surface area contributed by atoms with Gasteiger partial charge in [0.15, 0.2) is 10.9 Å². The molecule has 0 aliphatic carbocycles. The Balaban J connectivity index is 2.11. The normalized spacial score (nSPS) is 10.9. The molecule has 0 saturated heterocycles. The van der Waals surface area contributed by atoms with E-state index in [2.05, 4.69) is 26.2 Å². The zero-order valence-electron chi connectivity index (χ0n) is 9.03. The Bertz CT molecular complexity index is 674. The van der Waals surface area contributed by atoms with Crippen molar-refractivity contribution in [3.8, 4) is 11.5 Å². The third-order valence-electron chi connectivity index (χ3n) is 2.45. The van der Waals surface area contributed by atoms with Crippen LogP contribution in [0.25, 0.3) is 22.4 Å². The maximum absolute atomic E-state index is 5.76. The first-order valence-electron chi connectivity index (χ1n) is 5.09. The number of anilines is 1. The summed E-state index contributed by atoms with van der Waals surface area (Å²) in [4.78, 5) is 4.42. The van der Waals surface area contributed by atoms with Gasteiger partial charge in [0.05, 0.1) is 0 Å². The Hall–Kier alpha value is -1.33. The van der Waals surface area contributed by atoms with Gasteiger partial charge in [-0.1, -0.05) is 15.9 Å². The number of fused-ring (bicyclic) bond motifs is 1. The van der Waals surface area contributed by atoms with Crippen molar-refractivity contribution >= 4 is 43.4 Å². The van der Waals surface area contributed by atoms with Gasteiger partial charge in [0.25, 0.3) is 0 Å². The standard InChI is InChI=1S/C12H9BrN2OS/c1-14-12-15-9(6-17-12)11-5-7-4-8(13)2-3-10(7)16-11/h2-6H,1H3,(H,14,15). The number of thiazole rings is 1. The first-order valence-corrected chi connectivity index (χ1v) is 6.76. The fourth-order valence-electron chi connectivity index (χ4n) is 1.64. The Morgan fingerprint density at radius 2 is 2.24 bits per heavy atom. The van der Waals surface area contributed by atoms with Gasteiger partial charge in [-0.2, -0.15) is 0 Å². The Morgan fingerprint density at radius 3 is 3.00 bits per heavy atom. The second kappa shape index (κ2) is 4.16. The highest BCUT2D eigenvalue weighted by molar-refractivity contribution is 9.10. The van der Waals surface area contributed by atoms with Crippen molar-refractivity contribution in [1.29, 1.82) is 0 Å². The lowest BCUT2D eigenvalue weighted by molar-refractivity contribution is 0.629. The largest absolute Gasteiger partial charge is 0.454 e. The van der Waals surface area contributed by atoms with Crippen molar-refractivity contribution < 1.29 is 4.42 Å². The van der Waals surface area contributed by atoms with Crippen LogP contribution in [0.3, 0.4) is 0 Å². The summed E-state index contributed by atoms with van der Waals surface area (Å²) >= 11 is 5.01. The highest BCUT2D eigenvalue weighted by atomic mass is 79.9. The van der Waals surface area contributed by atoms with Gasteiger partial charge in [-0.3, -0.25) is 0 Å². The van der Waals surface area contributed by atoms with Crippen molar-refractivity contribution in [2.45, 2.75) is 0 Å². The van der Waals surface area contributed by atoms with Crippen molar-refractivity contribution in [2.24, 2.45) is 0 Å². The minimum absolute atomic E-state index is 0.802. The number of hydrogen-bond acceptors (Lipinski definition) is 4. The number of halogens is 1. The minimum Gasteiger partial charge on any atom is -0.454 e. The summed E-state index contributed by atoms with van der Waals surface area (Å²) in [5, 5.41) is 6.97. The first kappa shape index (κ1) is 10.8. The molecule has 0 aliphatic heterocycles. The van der Waals surface area contributed by atoms with E-state index < -0.39 is 0 Å². The van der Waals surface area contributed by atoms with Gasteiger partial charge in [-0.05, 0) is 24.3 Å². The quantitative estimate of drug-likeness (QED) is 0.764. The van der Waals surface area contributed by atoms with Crippen molar-refractivity contribution in [3.05, 3.63) is 34.1 Å². The summed E-state index contributed by atoms with van der Waals surface area (Å²) in [5.41, 5.74) is 1.74. The van der Waals surface area contributed by atoms with E-state index in [0.29, 0.717) is 0 Å². The Labute approximate surface area is 111 Å². The average Bonchev–Trinajstić information content (AvgIpc) is 2.93. The highest BCUT2D eigenvalue weighted by Crippen LogP contribution is 2.31. The Kier molecular flexibility index (Phi) is 2.64. The van der Waals surface area contributed by atoms with Crippen LogP contribution in [0, 0.1) is 0 Å². The second-order valence-corrected chi connectivity index (χ2v) is 5.35. The number of aromatic nitrogens is 1. The number of hydrogen-bond donors (Lipinski definition) is 1. The molecule has 2 heterocycles. The van der Waals surface area contributed by atoms with Crippen LogP contribution < -0.4 is 5.32 Å². The van der Waals surface area contributed by atoms with Crippen LogP contribution in [0.2, 0.25) is 0 Å². The van der Waals surface area contributed by atoms with Crippen LogP contribution in [-0.4, -0.2) is 12.0 Å². The first-order chi connectivity index (χ1) is 8.26. The molecule has 1 aromatic carbocycles. The van der Waals surface area contributed by atoms with Crippen LogP contribution in [0.1, 0.15) is 0 Å². The molecule has 0 atom stereocenters. The van der Waals surface area contributed by atoms with E-state index in [4.69, 9.17) is 4.42 Å². The minimum atomic E-state index is 0.802. The average molecular weight is 309 g/mol. The zero-order valence-corrected chi connectivity index (χ0v) is 11.4. The van der Waals surface area contributed by atoms with Crippen LogP contribution in [0.5, 0.6) is 0 Å². The van der Waals surface area contributed by atoms with Crippen LogP contribution in [0.15, 0.2) is 38.5 Å². The van der Waals surface area contributed by atoms with E-state index in [1.54, 1.807) is 11.3 Å². The summed E-state index contributed by atoms with van der Waals surface area (Å²) < 4.78 is 6.81. The van der Waals surface area contributed by atoms with Gasteiger partial charge >= 0.3 is 0 Å². The van der Waals surface area contributed by atoms with Gasteiger partial charge in [0.1, 0.15) is 11.3 Å². The molecular weight excluding hydrogens is 300 g/mol. The molecule has 0 bridgehead atoms. The van der Waals surface area contributed by atoms with E-state index in [1.165, 1.54) is 0 Å². The maximum Gasteiger partial charge on any atom is 0.183 e. The summed E-state index contributed by atoms with van der Waals surface area (Å²) in [7, 11) is 1.86. The predicted octanol–water partition coefficient (Wildman–Crippen LogP) is 4.36. The molecule has 0 saturated carbocycles. The molecule has 0 fully saturated rings. The van der Waals surface area contributed by atoms with E-state index in [0.717, 1.165) is 32.0 Å². The van der Waals surface area contributed by atoms with Crippen LogP contribution >= 0.6 is 27.3 Å². The van der Waals surface area contributed by atoms with E-state index in [1.807, 2.05) is 36.7 Å². The van der Waals surface area contributed by atoms with Gasteiger partial charge in [-0.25, -0.2) is 4.98 Å². The van der Waals surface area contributed by atoms with Crippen LogP contribution in [0.4, 0.5) is 5.13 Å². The van der Waals surface area contributed by atoms with Crippen molar-refractivity contribution in [3.63, 3.8) is 0 Å². The number of nitrogens with one attached hydrogen (secondary N) is 1. The number of nitrogens with zero attached hydrogens (tertiary/aromatic N) is 1. The monoisotopic (exact) mass is 308 g/mol.